The first-order valence-corrected chi connectivity index (χ1v) is 9.25. The number of rotatable bonds is 3. The van der Waals surface area contributed by atoms with Crippen molar-refractivity contribution in [3.63, 3.8) is 0 Å². The van der Waals surface area contributed by atoms with Crippen LogP contribution in [0.4, 0.5) is 5.69 Å². The van der Waals surface area contributed by atoms with Crippen LogP contribution in [0.1, 0.15) is 36.5 Å². The molecule has 1 saturated heterocycles. The third kappa shape index (κ3) is 4.37. The number of hydrogen-bond donors (Lipinski definition) is 2. The quantitative estimate of drug-likeness (QED) is 0.832. The van der Waals surface area contributed by atoms with Crippen LogP contribution in [-0.4, -0.2) is 43.7 Å². The summed E-state index contributed by atoms with van der Waals surface area (Å²) in [6.07, 6.45) is 4.01. The molecule has 2 N–H and O–H groups in total. The van der Waals surface area contributed by atoms with Gasteiger partial charge in [-0.2, -0.15) is 0 Å². The minimum atomic E-state index is -3.43. The molecule has 0 radical (unpaired) electrons. The maximum atomic E-state index is 12.6. The lowest BCUT2D eigenvalue weighted by atomic mass is 10.0. The first-order valence-electron chi connectivity index (χ1n) is 7.36. The van der Waals surface area contributed by atoms with Gasteiger partial charge in [0, 0.05) is 18.8 Å². The second kappa shape index (κ2) is 6.56. The molecule has 1 aromatic carbocycles. The first kappa shape index (κ1) is 16.6. The molecule has 1 heterocycles. The summed E-state index contributed by atoms with van der Waals surface area (Å²) in [6, 6.07) is 4.14. The largest absolute Gasteiger partial charge is 0.507 e. The Bertz CT molecular complexity index is 658. The van der Waals surface area contributed by atoms with Crippen LogP contribution in [0.2, 0.25) is 0 Å². The van der Waals surface area contributed by atoms with E-state index in [0.29, 0.717) is 19.0 Å². The first-order chi connectivity index (χ1) is 10.3. The van der Waals surface area contributed by atoms with Gasteiger partial charge in [-0.3, -0.25) is 9.52 Å². The zero-order valence-corrected chi connectivity index (χ0v) is 13.7. The van der Waals surface area contributed by atoms with Gasteiger partial charge in [0.05, 0.1) is 11.8 Å². The van der Waals surface area contributed by atoms with Gasteiger partial charge < -0.3 is 10.0 Å². The highest BCUT2D eigenvalue weighted by atomic mass is 32.2. The fourth-order valence-electron chi connectivity index (χ4n) is 2.62. The third-order valence-corrected chi connectivity index (χ3v) is 4.44. The van der Waals surface area contributed by atoms with Gasteiger partial charge in [0.2, 0.25) is 10.0 Å². The van der Waals surface area contributed by atoms with Gasteiger partial charge in [0.25, 0.3) is 5.91 Å². The number of likely N-dealkylation sites (tertiary alicyclic amines) is 1. The third-order valence-electron chi connectivity index (χ3n) is 3.83. The van der Waals surface area contributed by atoms with Crippen LogP contribution in [0.3, 0.4) is 0 Å². The molecule has 1 aliphatic heterocycles. The van der Waals surface area contributed by atoms with E-state index in [1.807, 2.05) is 0 Å². The van der Waals surface area contributed by atoms with Crippen molar-refractivity contribution in [2.24, 2.45) is 5.92 Å². The number of nitrogens with zero attached hydrogens (tertiary/aromatic N) is 1. The second-order valence-electron chi connectivity index (χ2n) is 5.93. The Labute approximate surface area is 131 Å². The lowest BCUT2D eigenvalue weighted by Gasteiger charge is -2.21. The summed E-state index contributed by atoms with van der Waals surface area (Å²) in [4.78, 5) is 14.3. The summed E-state index contributed by atoms with van der Waals surface area (Å²) in [7, 11) is -3.43. The van der Waals surface area contributed by atoms with Gasteiger partial charge in [-0.1, -0.05) is 6.92 Å². The number of phenols is 1. The average molecular weight is 326 g/mol. The van der Waals surface area contributed by atoms with Crippen LogP contribution in [-0.2, 0) is 10.0 Å². The maximum Gasteiger partial charge on any atom is 0.257 e. The van der Waals surface area contributed by atoms with Crippen molar-refractivity contribution in [3.8, 4) is 5.75 Å². The Morgan fingerprint density at radius 1 is 1.32 bits per heavy atom. The number of phenolic OH excluding ortho intramolecular Hbond substituents is 1. The highest BCUT2D eigenvalue weighted by Gasteiger charge is 2.22. The summed E-state index contributed by atoms with van der Waals surface area (Å²) >= 11 is 0. The zero-order chi connectivity index (χ0) is 16.3. The number of carbonyl (C=O) groups is 1. The molecular formula is C15H22N2O4S. The Balaban J connectivity index is 2.23. The van der Waals surface area contributed by atoms with E-state index in [1.54, 1.807) is 4.90 Å². The Morgan fingerprint density at radius 2 is 2.05 bits per heavy atom. The van der Waals surface area contributed by atoms with Crippen molar-refractivity contribution in [1.82, 2.24) is 4.90 Å². The van der Waals surface area contributed by atoms with Gasteiger partial charge in [-0.15, -0.1) is 0 Å². The molecule has 0 unspecified atom stereocenters. The molecule has 1 atom stereocenters. The molecule has 0 spiro atoms. The van der Waals surface area contributed by atoms with Crippen LogP contribution in [0, 0.1) is 5.92 Å². The zero-order valence-electron chi connectivity index (χ0n) is 12.9. The molecule has 1 fully saturated rings. The number of anilines is 1. The summed E-state index contributed by atoms with van der Waals surface area (Å²) < 4.78 is 24.9. The van der Waals surface area contributed by atoms with E-state index in [4.69, 9.17) is 0 Å². The molecule has 0 aromatic heterocycles. The predicted molar refractivity (Wildman–Crippen MR) is 85.5 cm³/mol. The maximum absolute atomic E-state index is 12.6. The molecule has 1 aromatic rings. The summed E-state index contributed by atoms with van der Waals surface area (Å²) in [5.74, 6) is 0.190. The lowest BCUT2D eigenvalue weighted by molar-refractivity contribution is 0.0757. The van der Waals surface area contributed by atoms with Crippen LogP contribution < -0.4 is 4.72 Å². The van der Waals surface area contributed by atoms with Crippen molar-refractivity contribution in [1.29, 1.82) is 0 Å². The number of carbonyl (C=O) groups excluding carboxylic acids is 1. The van der Waals surface area contributed by atoms with E-state index in [2.05, 4.69) is 11.6 Å². The molecule has 0 bridgehead atoms. The molecule has 0 saturated carbocycles. The molecule has 6 nitrogen and oxygen atoms in total. The van der Waals surface area contributed by atoms with Gasteiger partial charge >= 0.3 is 0 Å². The van der Waals surface area contributed by atoms with E-state index in [9.17, 15) is 18.3 Å². The fourth-order valence-corrected chi connectivity index (χ4v) is 3.18. The van der Waals surface area contributed by atoms with E-state index in [1.165, 1.54) is 18.2 Å². The molecule has 1 aliphatic rings. The number of benzene rings is 1. The highest BCUT2D eigenvalue weighted by molar-refractivity contribution is 7.92. The minimum Gasteiger partial charge on any atom is -0.507 e. The van der Waals surface area contributed by atoms with E-state index < -0.39 is 10.0 Å². The molecule has 122 valence electrons. The van der Waals surface area contributed by atoms with Crippen LogP contribution in [0.25, 0.3) is 0 Å². The van der Waals surface area contributed by atoms with E-state index >= 15 is 0 Å². The molecule has 7 heteroatoms. The number of hydrogen-bond acceptors (Lipinski definition) is 4. The van der Waals surface area contributed by atoms with Crippen LogP contribution >= 0.6 is 0 Å². The molecular weight excluding hydrogens is 304 g/mol. The van der Waals surface area contributed by atoms with Crippen molar-refractivity contribution < 1.29 is 18.3 Å². The van der Waals surface area contributed by atoms with Crippen molar-refractivity contribution in [3.05, 3.63) is 23.8 Å². The summed E-state index contributed by atoms with van der Waals surface area (Å²) in [5, 5.41) is 9.93. The highest BCUT2D eigenvalue weighted by Crippen LogP contribution is 2.25. The minimum absolute atomic E-state index is 0.128. The molecule has 1 amide bonds. The number of amides is 1. The van der Waals surface area contributed by atoms with E-state index in [-0.39, 0.29) is 22.9 Å². The van der Waals surface area contributed by atoms with Crippen molar-refractivity contribution in [2.75, 3.05) is 24.1 Å². The second-order valence-corrected chi connectivity index (χ2v) is 7.68. The number of nitrogens with one attached hydrogen (secondary N) is 1. The Morgan fingerprint density at radius 3 is 2.73 bits per heavy atom. The Hall–Kier alpha value is -1.76. The van der Waals surface area contributed by atoms with Crippen molar-refractivity contribution >= 4 is 21.6 Å². The van der Waals surface area contributed by atoms with Gasteiger partial charge in [-0.25, -0.2) is 8.42 Å². The average Bonchev–Trinajstić information content (AvgIpc) is 2.63. The lowest BCUT2D eigenvalue weighted by Crippen LogP contribution is -2.32. The molecule has 2 rings (SSSR count). The monoisotopic (exact) mass is 326 g/mol. The predicted octanol–water partition coefficient (Wildman–Crippen LogP) is 2.03. The number of aromatic hydroxyl groups is 1. The van der Waals surface area contributed by atoms with Crippen LogP contribution in [0.15, 0.2) is 18.2 Å². The normalized spacial score (nSPS) is 19.5. The number of sulfonamides is 1. The molecule has 22 heavy (non-hydrogen) atoms. The fraction of sp³-hybridized carbons (Fsp3) is 0.533. The summed E-state index contributed by atoms with van der Waals surface area (Å²) in [5.41, 5.74) is 0.398. The van der Waals surface area contributed by atoms with Crippen LogP contribution in [0.5, 0.6) is 5.75 Å². The van der Waals surface area contributed by atoms with Crippen molar-refractivity contribution in [2.45, 2.75) is 26.2 Å². The molecule has 0 aliphatic carbocycles. The van der Waals surface area contributed by atoms with E-state index in [0.717, 1.165) is 25.5 Å². The Kier molecular flexibility index (Phi) is 4.95. The topological polar surface area (TPSA) is 86.7 Å². The smallest absolute Gasteiger partial charge is 0.257 e. The SMILES string of the molecule is C[C@@H]1CCCN(C(=O)c2cc(NS(C)(=O)=O)ccc2O)CC1. The standard InChI is InChI=1S/C15H22N2O4S/c1-11-4-3-8-17(9-7-11)15(19)13-10-12(5-6-14(13)18)16-22(2,20)21/h5-6,10-11,16,18H,3-4,7-9H2,1-2H3/t11-/m1/s1. The van der Waals surface area contributed by atoms with Gasteiger partial charge in [-0.05, 0) is 43.4 Å². The van der Waals surface area contributed by atoms with Gasteiger partial charge in [0.1, 0.15) is 5.75 Å². The summed E-state index contributed by atoms with van der Waals surface area (Å²) in [6.45, 7) is 3.48. The van der Waals surface area contributed by atoms with Gasteiger partial charge in [0.15, 0.2) is 0 Å².